The molecule has 0 atom stereocenters. The van der Waals surface area contributed by atoms with E-state index < -0.39 is 5.97 Å². The van der Waals surface area contributed by atoms with E-state index in [0.29, 0.717) is 17.9 Å². The van der Waals surface area contributed by atoms with E-state index in [1.54, 1.807) is 13.1 Å². The van der Waals surface area contributed by atoms with Crippen LogP contribution in [0.2, 0.25) is 0 Å². The second-order valence-corrected chi connectivity index (χ2v) is 3.70. The van der Waals surface area contributed by atoms with Crippen molar-refractivity contribution in [3.8, 4) is 0 Å². The third kappa shape index (κ3) is 2.06. The molecule has 0 fully saturated rings. The van der Waals surface area contributed by atoms with Crippen molar-refractivity contribution < 1.29 is 14.4 Å². The Morgan fingerprint density at radius 3 is 3.00 bits per heavy atom. The summed E-state index contributed by atoms with van der Waals surface area (Å²) in [6.45, 7) is 4.12. The first-order valence-electron chi connectivity index (χ1n) is 5.32. The molecule has 0 saturated heterocycles. The van der Waals surface area contributed by atoms with Gasteiger partial charge in [-0.05, 0) is 6.92 Å². The first-order valence-corrected chi connectivity index (χ1v) is 5.32. The molecule has 90 valence electrons. The molecule has 0 amide bonds. The topological polar surface area (TPSA) is 81.2 Å². The van der Waals surface area contributed by atoms with Crippen LogP contribution in [0.5, 0.6) is 0 Å². The largest absolute Gasteiger partial charge is 0.476 e. The summed E-state index contributed by atoms with van der Waals surface area (Å²) in [5, 5.41) is 12.5. The molecule has 17 heavy (non-hydrogen) atoms. The summed E-state index contributed by atoms with van der Waals surface area (Å²) in [6.07, 6.45) is 4.30. The maximum absolute atomic E-state index is 11.0. The molecule has 0 saturated carbocycles. The lowest BCUT2D eigenvalue weighted by Gasteiger charge is -2.05. The van der Waals surface area contributed by atoms with Gasteiger partial charge in [-0.25, -0.2) is 9.78 Å². The van der Waals surface area contributed by atoms with E-state index in [-0.39, 0.29) is 5.69 Å². The minimum atomic E-state index is -1.07. The molecule has 2 aromatic heterocycles. The van der Waals surface area contributed by atoms with Crippen LogP contribution in [0.4, 0.5) is 0 Å². The van der Waals surface area contributed by atoms with Gasteiger partial charge in [-0.3, -0.25) is 0 Å². The summed E-state index contributed by atoms with van der Waals surface area (Å²) in [5.74, 6) is 0.357. The van der Waals surface area contributed by atoms with Gasteiger partial charge < -0.3 is 14.2 Å². The van der Waals surface area contributed by atoms with Crippen LogP contribution in [0.1, 0.15) is 34.6 Å². The van der Waals surface area contributed by atoms with Gasteiger partial charge in [0.2, 0.25) is 0 Å². The number of aromatic carboxylic acids is 1. The Bertz CT molecular complexity index is 542. The Kier molecular flexibility index (Phi) is 2.95. The SMILES string of the molecule is CCc1nccn1Cc1c(C(=O)O)noc1C. The number of imidazole rings is 1. The molecule has 6 heteroatoms. The van der Waals surface area contributed by atoms with Crippen molar-refractivity contribution in [3.63, 3.8) is 0 Å². The molecular formula is C11H13N3O3. The molecule has 2 rings (SSSR count). The monoisotopic (exact) mass is 235 g/mol. The Balaban J connectivity index is 2.36. The highest BCUT2D eigenvalue weighted by Crippen LogP contribution is 2.16. The normalized spacial score (nSPS) is 10.7. The van der Waals surface area contributed by atoms with Gasteiger partial charge in [0.05, 0.1) is 6.54 Å². The summed E-state index contributed by atoms with van der Waals surface area (Å²) in [6, 6.07) is 0. The number of carboxylic acid groups (broad SMARTS) is 1. The third-order valence-corrected chi connectivity index (χ3v) is 2.63. The van der Waals surface area contributed by atoms with E-state index >= 15 is 0 Å². The van der Waals surface area contributed by atoms with Gasteiger partial charge in [0.1, 0.15) is 11.6 Å². The fraction of sp³-hybridized carbons (Fsp3) is 0.364. The Morgan fingerprint density at radius 1 is 1.59 bits per heavy atom. The first-order chi connectivity index (χ1) is 8.13. The van der Waals surface area contributed by atoms with E-state index in [4.69, 9.17) is 9.63 Å². The number of aryl methyl sites for hydroxylation is 2. The number of nitrogens with zero attached hydrogens (tertiary/aromatic N) is 3. The van der Waals surface area contributed by atoms with Crippen molar-refractivity contribution in [1.29, 1.82) is 0 Å². The molecular weight excluding hydrogens is 222 g/mol. The molecule has 2 heterocycles. The molecule has 0 aliphatic rings. The number of carbonyl (C=O) groups is 1. The van der Waals surface area contributed by atoms with Crippen LogP contribution in [-0.2, 0) is 13.0 Å². The second-order valence-electron chi connectivity index (χ2n) is 3.70. The van der Waals surface area contributed by atoms with E-state index in [9.17, 15) is 4.79 Å². The lowest BCUT2D eigenvalue weighted by Crippen LogP contribution is -2.08. The summed E-state index contributed by atoms with van der Waals surface area (Å²) in [7, 11) is 0. The number of rotatable bonds is 4. The number of aromatic nitrogens is 3. The third-order valence-electron chi connectivity index (χ3n) is 2.63. The Labute approximate surface area is 97.9 Å². The first kappa shape index (κ1) is 11.4. The van der Waals surface area contributed by atoms with Crippen molar-refractivity contribution in [2.24, 2.45) is 0 Å². The minimum absolute atomic E-state index is 0.0294. The van der Waals surface area contributed by atoms with E-state index in [2.05, 4.69) is 10.1 Å². The van der Waals surface area contributed by atoms with Gasteiger partial charge in [-0.1, -0.05) is 12.1 Å². The van der Waals surface area contributed by atoms with Gasteiger partial charge in [-0.15, -0.1) is 0 Å². The molecule has 0 aliphatic heterocycles. The molecule has 0 bridgehead atoms. The fourth-order valence-corrected chi connectivity index (χ4v) is 1.71. The number of hydrogen-bond acceptors (Lipinski definition) is 4. The Hall–Kier alpha value is -2.11. The van der Waals surface area contributed by atoms with E-state index in [1.807, 2.05) is 17.7 Å². The molecule has 6 nitrogen and oxygen atoms in total. The van der Waals surface area contributed by atoms with Gasteiger partial charge in [0.15, 0.2) is 5.69 Å². The van der Waals surface area contributed by atoms with Gasteiger partial charge in [-0.2, -0.15) is 0 Å². The quantitative estimate of drug-likeness (QED) is 0.868. The van der Waals surface area contributed by atoms with Gasteiger partial charge in [0.25, 0.3) is 0 Å². The second kappa shape index (κ2) is 4.40. The lowest BCUT2D eigenvalue weighted by molar-refractivity contribution is 0.0684. The molecule has 0 aromatic carbocycles. The van der Waals surface area contributed by atoms with Crippen molar-refractivity contribution in [3.05, 3.63) is 35.2 Å². The van der Waals surface area contributed by atoms with E-state index in [1.165, 1.54) is 0 Å². The fourth-order valence-electron chi connectivity index (χ4n) is 1.71. The molecule has 0 aliphatic carbocycles. The Morgan fingerprint density at radius 2 is 2.35 bits per heavy atom. The van der Waals surface area contributed by atoms with Crippen LogP contribution >= 0.6 is 0 Å². The van der Waals surface area contributed by atoms with Crippen LogP contribution in [0.25, 0.3) is 0 Å². The maximum Gasteiger partial charge on any atom is 0.358 e. The van der Waals surface area contributed by atoms with Crippen molar-refractivity contribution in [2.45, 2.75) is 26.8 Å². The van der Waals surface area contributed by atoms with Crippen molar-refractivity contribution in [1.82, 2.24) is 14.7 Å². The molecule has 2 aromatic rings. The zero-order chi connectivity index (χ0) is 12.4. The highest BCUT2D eigenvalue weighted by Gasteiger charge is 2.19. The van der Waals surface area contributed by atoms with Crippen LogP contribution in [0, 0.1) is 6.92 Å². The molecule has 0 unspecified atom stereocenters. The minimum Gasteiger partial charge on any atom is -0.476 e. The van der Waals surface area contributed by atoms with Crippen molar-refractivity contribution in [2.75, 3.05) is 0 Å². The predicted octanol–water partition coefficient (Wildman–Crippen LogP) is 1.49. The summed E-state index contributed by atoms with van der Waals surface area (Å²) < 4.78 is 6.81. The van der Waals surface area contributed by atoms with Crippen molar-refractivity contribution >= 4 is 5.97 Å². The highest BCUT2D eigenvalue weighted by molar-refractivity contribution is 5.87. The van der Waals surface area contributed by atoms with Gasteiger partial charge >= 0.3 is 5.97 Å². The number of carboxylic acids is 1. The highest BCUT2D eigenvalue weighted by atomic mass is 16.5. The summed E-state index contributed by atoms with van der Waals surface area (Å²) >= 11 is 0. The summed E-state index contributed by atoms with van der Waals surface area (Å²) in [5.41, 5.74) is 0.559. The lowest BCUT2D eigenvalue weighted by atomic mass is 10.2. The van der Waals surface area contributed by atoms with Crippen LogP contribution in [0.15, 0.2) is 16.9 Å². The molecule has 1 N–H and O–H groups in total. The predicted molar refractivity (Wildman–Crippen MR) is 58.9 cm³/mol. The average molecular weight is 235 g/mol. The average Bonchev–Trinajstić information content (AvgIpc) is 2.87. The van der Waals surface area contributed by atoms with Crippen LogP contribution in [0.3, 0.4) is 0 Å². The standard InChI is InChI=1S/C11H13N3O3/c1-3-9-12-4-5-14(9)6-8-7(2)17-13-10(8)11(15)16/h4-5H,3,6H2,1-2H3,(H,15,16). The smallest absolute Gasteiger partial charge is 0.358 e. The van der Waals surface area contributed by atoms with Gasteiger partial charge in [0, 0.05) is 24.4 Å². The van der Waals surface area contributed by atoms with E-state index in [0.717, 1.165) is 12.2 Å². The zero-order valence-corrected chi connectivity index (χ0v) is 9.67. The summed E-state index contributed by atoms with van der Waals surface area (Å²) in [4.78, 5) is 15.2. The zero-order valence-electron chi connectivity index (χ0n) is 9.67. The maximum atomic E-state index is 11.0. The van der Waals surface area contributed by atoms with Crippen LogP contribution in [-0.4, -0.2) is 25.8 Å². The number of hydrogen-bond donors (Lipinski definition) is 1. The van der Waals surface area contributed by atoms with Crippen LogP contribution < -0.4 is 0 Å². The molecule has 0 radical (unpaired) electrons. The molecule has 0 spiro atoms.